The summed E-state index contributed by atoms with van der Waals surface area (Å²) >= 11 is 0. The number of carboxylic acids is 1. The summed E-state index contributed by atoms with van der Waals surface area (Å²) in [5.74, 6) is -1.11. The van der Waals surface area contributed by atoms with Gasteiger partial charge in [0, 0.05) is 31.1 Å². The van der Waals surface area contributed by atoms with Crippen LogP contribution in [-0.4, -0.2) is 38.8 Å². The number of aromatic hydroxyl groups is 1. The number of fused-ring (bicyclic) bond motifs is 1. The van der Waals surface area contributed by atoms with Gasteiger partial charge in [-0.3, -0.25) is 4.79 Å². The lowest BCUT2D eigenvalue weighted by molar-refractivity contribution is 0.0691. The maximum Gasteiger partial charge on any atom is 0.345 e. The van der Waals surface area contributed by atoms with E-state index < -0.39 is 22.8 Å². The van der Waals surface area contributed by atoms with Gasteiger partial charge in [-0.25, -0.2) is 4.79 Å². The fraction of sp³-hybridized carbons (Fsp3) is 0.318. The lowest BCUT2D eigenvalue weighted by Crippen LogP contribution is -2.21. The first kappa shape index (κ1) is 19.6. The molecular formula is C22H22N4O4. The maximum absolute atomic E-state index is 12.3. The molecule has 8 nitrogen and oxygen atoms in total. The summed E-state index contributed by atoms with van der Waals surface area (Å²) in [6.45, 7) is 3.59. The number of pyridine rings is 1. The molecule has 0 spiro atoms. The molecule has 0 bridgehead atoms. The van der Waals surface area contributed by atoms with Crippen molar-refractivity contribution in [3.8, 4) is 23.1 Å². The number of hydrogen-bond donors (Lipinski definition) is 3. The summed E-state index contributed by atoms with van der Waals surface area (Å²) in [4.78, 5) is 28.5. The van der Waals surface area contributed by atoms with Gasteiger partial charge in [0.1, 0.15) is 23.2 Å². The molecule has 1 aliphatic rings. The van der Waals surface area contributed by atoms with Crippen molar-refractivity contribution < 1.29 is 15.0 Å². The molecule has 8 heteroatoms. The number of nitriles is 1. The van der Waals surface area contributed by atoms with E-state index >= 15 is 0 Å². The van der Waals surface area contributed by atoms with E-state index in [0.29, 0.717) is 28.8 Å². The number of carboxylic acid groups (broad SMARTS) is 1. The van der Waals surface area contributed by atoms with Crippen LogP contribution >= 0.6 is 0 Å². The number of benzene rings is 1. The molecule has 0 saturated carbocycles. The number of H-pyrrole nitrogens is 1. The largest absolute Gasteiger partial charge is 0.506 e. The number of aromatic carboxylic acids is 1. The van der Waals surface area contributed by atoms with E-state index in [2.05, 4.69) is 16.0 Å². The second-order valence-corrected chi connectivity index (χ2v) is 7.49. The van der Waals surface area contributed by atoms with Crippen molar-refractivity contribution in [2.45, 2.75) is 26.2 Å². The first-order valence-electron chi connectivity index (χ1n) is 9.88. The van der Waals surface area contributed by atoms with Gasteiger partial charge in [-0.05, 0) is 37.0 Å². The topological polar surface area (TPSA) is 122 Å². The lowest BCUT2D eigenvalue weighted by atomic mass is 9.99. The lowest BCUT2D eigenvalue weighted by Gasteiger charge is -2.18. The van der Waals surface area contributed by atoms with E-state index in [1.165, 1.54) is 0 Å². The molecule has 0 unspecified atom stereocenters. The molecule has 3 heterocycles. The molecule has 0 atom stereocenters. The average Bonchev–Trinajstić information content (AvgIpc) is 3.33. The molecule has 4 rings (SSSR count). The van der Waals surface area contributed by atoms with Crippen LogP contribution in [0.1, 0.15) is 41.3 Å². The average molecular weight is 406 g/mol. The highest BCUT2D eigenvalue weighted by Crippen LogP contribution is 2.37. The van der Waals surface area contributed by atoms with E-state index in [1.54, 1.807) is 6.92 Å². The highest BCUT2D eigenvalue weighted by atomic mass is 16.4. The molecule has 0 aliphatic carbocycles. The minimum absolute atomic E-state index is 0.329. The summed E-state index contributed by atoms with van der Waals surface area (Å²) in [5.41, 5.74) is 1.26. The van der Waals surface area contributed by atoms with Crippen molar-refractivity contribution in [1.82, 2.24) is 9.55 Å². The standard InChI is InChI=1S/C22H22N4O4/c1-3-13-18(24-20(28)17(19(13)27)22(29)30)12-6-7-16-14(10-12)15(11-23)21(25(16)2)26-8-4-5-9-26/h6-7,10H,3-5,8-9H2,1-2H3,(H,29,30)(H2,24,27,28). The van der Waals surface area contributed by atoms with Gasteiger partial charge in [-0.2, -0.15) is 5.26 Å². The predicted molar refractivity (Wildman–Crippen MR) is 113 cm³/mol. The Morgan fingerprint density at radius 1 is 1.30 bits per heavy atom. The Hall–Kier alpha value is -3.73. The minimum Gasteiger partial charge on any atom is -0.506 e. The molecule has 0 amide bonds. The summed E-state index contributed by atoms with van der Waals surface area (Å²) in [6.07, 6.45) is 2.51. The summed E-state index contributed by atoms with van der Waals surface area (Å²) in [5, 5.41) is 30.3. The number of aryl methyl sites for hydroxylation is 1. The highest BCUT2D eigenvalue weighted by molar-refractivity contribution is 5.96. The van der Waals surface area contributed by atoms with Gasteiger partial charge < -0.3 is 24.7 Å². The van der Waals surface area contributed by atoms with Crippen molar-refractivity contribution in [3.63, 3.8) is 0 Å². The fourth-order valence-corrected chi connectivity index (χ4v) is 4.41. The Labute approximate surface area is 172 Å². The van der Waals surface area contributed by atoms with Crippen LogP contribution in [0, 0.1) is 11.3 Å². The van der Waals surface area contributed by atoms with Crippen LogP contribution in [0.15, 0.2) is 23.0 Å². The third-order valence-corrected chi connectivity index (χ3v) is 5.83. The quantitative estimate of drug-likeness (QED) is 0.612. The third-order valence-electron chi connectivity index (χ3n) is 5.83. The fourth-order valence-electron chi connectivity index (χ4n) is 4.41. The molecule has 154 valence electrons. The van der Waals surface area contributed by atoms with Gasteiger partial charge in [0.05, 0.1) is 11.2 Å². The number of anilines is 1. The second kappa shape index (κ2) is 7.26. The number of aromatic amines is 1. The SMILES string of the molecule is CCc1c(-c2ccc3c(c2)c(C#N)c(N2CCCC2)n3C)[nH]c(=O)c(C(=O)O)c1O. The smallest absolute Gasteiger partial charge is 0.345 e. The summed E-state index contributed by atoms with van der Waals surface area (Å²) < 4.78 is 2.01. The Kier molecular flexibility index (Phi) is 4.74. The van der Waals surface area contributed by atoms with E-state index in [-0.39, 0.29) is 0 Å². The molecule has 1 saturated heterocycles. The van der Waals surface area contributed by atoms with Crippen molar-refractivity contribution in [1.29, 1.82) is 5.26 Å². The van der Waals surface area contributed by atoms with Gasteiger partial charge in [-0.1, -0.05) is 13.0 Å². The van der Waals surface area contributed by atoms with Crippen molar-refractivity contribution in [2.24, 2.45) is 7.05 Å². The van der Waals surface area contributed by atoms with Crippen molar-refractivity contribution in [2.75, 3.05) is 18.0 Å². The van der Waals surface area contributed by atoms with Crippen LogP contribution < -0.4 is 10.5 Å². The predicted octanol–water partition coefficient (Wildman–Crippen LogP) is 2.97. The minimum atomic E-state index is -1.48. The Balaban J connectivity index is 1.97. The van der Waals surface area contributed by atoms with E-state index in [4.69, 9.17) is 0 Å². The molecule has 1 aliphatic heterocycles. The number of aromatic nitrogens is 2. The molecule has 3 aromatic rings. The first-order chi connectivity index (χ1) is 14.4. The van der Waals surface area contributed by atoms with E-state index in [9.17, 15) is 25.1 Å². The van der Waals surface area contributed by atoms with Crippen LogP contribution in [0.3, 0.4) is 0 Å². The van der Waals surface area contributed by atoms with E-state index in [0.717, 1.165) is 42.7 Å². The zero-order valence-electron chi connectivity index (χ0n) is 16.8. The van der Waals surface area contributed by atoms with Crippen LogP contribution in [0.4, 0.5) is 5.82 Å². The molecule has 3 N–H and O–H groups in total. The zero-order valence-corrected chi connectivity index (χ0v) is 16.8. The number of hydrogen-bond acceptors (Lipinski definition) is 5. The second-order valence-electron chi connectivity index (χ2n) is 7.49. The van der Waals surface area contributed by atoms with Gasteiger partial charge >= 0.3 is 5.97 Å². The van der Waals surface area contributed by atoms with Crippen LogP contribution in [-0.2, 0) is 13.5 Å². The molecule has 1 fully saturated rings. The summed E-state index contributed by atoms with van der Waals surface area (Å²) in [6, 6.07) is 7.83. The number of nitrogens with zero attached hydrogens (tertiary/aromatic N) is 3. The third kappa shape index (κ3) is 2.82. The van der Waals surface area contributed by atoms with Crippen LogP contribution in [0.2, 0.25) is 0 Å². The van der Waals surface area contributed by atoms with E-state index in [1.807, 2.05) is 29.8 Å². The van der Waals surface area contributed by atoms with Gasteiger partial charge in [-0.15, -0.1) is 0 Å². The number of nitrogens with one attached hydrogen (secondary N) is 1. The maximum atomic E-state index is 12.3. The van der Waals surface area contributed by atoms with Gasteiger partial charge in [0.25, 0.3) is 5.56 Å². The number of carbonyl (C=O) groups is 1. The Morgan fingerprint density at radius 3 is 2.60 bits per heavy atom. The Morgan fingerprint density at radius 2 is 2.00 bits per heavy atom. The molecule has 1 aromatic carbocycles. The van der Waals surface area contributed by atoms with Crippen LogP contribution in [0.5, 0.6) is 5.75 Å². The highest BCUT2D eigenvalue weighted by Gasteiger charge is 2.25. The van der Waals surface area contributed by atoms with Crippen molar-refractivity contribution >= 4 is 22.7 Å². The van der Waals surface area contributed by atoms with Gasteiger partial charge in [0.2, 0.25) is 0 Å². The Bertz CT molecular complexity index is 1270. The summed E-state index contributed by atoms with van der Waals surface area (Å²) in [7, 11) is 1.93. The molecule has 0 radical (unpaired) electrons. The zero-order chi connectivity index (χ0) is 21.6. The molecule has 2 aromatic heterocycles. The first-order valence-corrected chi connectivity index (χ1v) is 9.88. The molecular weight excluding hydrogens is 384 g/mol. The molecule has 30 heavy (non-hydrogen) atoms. The monoisotopic (exact) mass is 406 g/mol. The van der Waals surface area contributed by atoms with Gasteiger partial charge in [0.15, 0.2) is 5.56 Å². The van der Waals surface area contributed by atoms with Crippen molar-refractivity contribution in [3.05, 3.63) is 45.2 Å². The number of rotatable bonds is 4. The normalized spacial score (nSPS) is 13.7. The van der Waals surface area contributed by atoms with Crippen LogP contribution in [0.25, 0.3) is 22.2 Å².